The van der Waals surface area contributed by atoms with Crippen LogP contribution in [0.25, 0.3) is 0 Å². The molecule has 0 unspecified atom stereocenters. The fourth-order valence-corrected chi connectivity index (χ4v) is 0. The first-order valence-corrected chi connectivity index (χ1v) is 3.28. The summed E-state index contributed by atoms with van der Waals surface area (Å²) in [4.78, 5) is 0. The van der Waals surface area contributed by atoms with Crippen LogP contribution in [0.5, 0.6) is 0 Å². The summed E-state index contributed by atoms with van der Waals surface area (Å²) in [5.41, 5.74) is 0. The molecule has 0 heterocycles. The second-order valence-corrected chi connectivity index (χ2v) is 2.47. The van der Waals surface area contributed by atoms with Crippen LogP contribution in [0.2, 0.25) is 6.82 Å². The Morgan fingerprint density at radius 1 is 2.00 bits per heavy atom. The zero-order valence-electron chi connectivity index (χ0n) is 2.80. The quantitative estimate of drug-likeness (QED) is 0.400. The summed E-state index contributed by atoms with van der Waals surface area (Å²) in [6.45, 7) is 1.67. The topological polar surface area (TPSA) is 17.1 Å². The van der Waals surface area contributed by atoms with Crippen molar-refractivity contribution in [2.24, 2.45) is 0 Å². The van der Waals surface area contributed by atoms with Gasteiger partial charge in [0.1, 0.15) is 0 Å². The molecule has 5 heavy (non-hydrogen) atoms. The zero-order valence-corrected chi connectivity index (χ0v) is 4.44. The second-order valence-electron chi connectivity index (χ2n) is 0.496. The van der Waals surface area contributed by atoms with Crippen LogP contribution in [0.1, 0.15) is 0 Å². The SMILES string of the molecule is CB=S(=O)=S. The number of hydrogen-bond donors (Lipinski definition) is 0. The molecule has 1 nitrogen and oxygen atoms in total. The molecule has 0 aliphatic carbocycles. The van der Waals surface area contributed by atoms with E-state index in [9.17, 15) is 4.21 Å². The van der Waals surface area contributed by atoms with Gasteiger partial charge in [-0.15, -0.1) is 0 Å². The van der Waals surface area contributed by atoms with Gasteiger partial charge < -0.3 is 0 Å². The van der Waals surface area contributed by atoms with Gasteiger partial charge in [-0.25, -0.2) is 0 Å². The van der Waals surface area contributed by atoms with Crippen LogP contribution in [0, 0.1) is 0 Å². The Bertz CT molecular complexity index is 113. The summed E-state index contributed by atoms with van der Waals surface area (Å²) in [5, 5.41) is 0. The number of rotatable bonds is 0. The van der Waals surface area contributed by atoms with E-state index in [-0.39, 0.29) is 0 Å². The average Bonchev–Trinajstić information content (AvgIpc) is 1.38. The van der Waals surface area contributed by atoms with Crippen molar-refractivity contribution >= 4 is 26.1 Å². The van der Waals surface area contributed by atoms with Crippen LogP contribution in [-0.4, -0.2) is 10.4 Å². The van der Waals surface area contributed by atoms with E-state index in [1.165, 1.54) is 6.15 Å². The van der Waals surface area contributed by atoms with Crippen molar-refractivity contribution in [2.45, 2.75) is 6.82 Å². The van der Waals surface area contributed by atoms with E-state index < -0.39 is 8.79 Å². The predicted octanol–water partition coefficient (Wildman–Crippen LogP) is -0.136. The molecule has 0 spiro atoms. The maximum atomic E-state index is 9.68. The van der Waals surface area contributed by atoms with Crippen LogP contribution in [0.4, 0.5) is 0 Å². The van der Waals surface area contributed by atoms with Crippen LogP contribution in [0.15, 0.2) is 0 Å². The van der Waals surface area contributed by atoms with Crippen molar-refractivity contribution in [3.8, 4) is 0 Å². The average molecular weight is 106 g/mol. The van der Waals surface area contributed by atoms with Gasteiger partial charge in [0.15, 0.2) is 0 Å². The van der Waals surface area contributed by atoms with Gasteiger partial charge >= 0.3 is 37.2 Å². The second kappa shape index (κ2) is 2.54. The van der Waals surface area contributed by atoms with Gasteiger partial charge in [0.05, 0.1) is 0 Å². The molecule has 0 fully saturated rings. The van der Waals surface area contributed by atoms with Gasteiger partial charge in [0, 0.05) is 0 Å². The summed E-state index contributed by atoms with van der Waals surface area (Å²) in [6.07, 6.45) is 1.45. The molecule has 0 aliphatic rings. The third-order valence-corrected chi connectivity index (χ3v) is 1.15. The zero-order chi connectivity index (χ0) is 4.28. The molecular weight excluding hydrogens is 103 g/mol. The van der Waals surface area contributed by atoms with Crippen LogP contribution >= 0.6 is 0 Å². The molecule has 0 atom stereocenters. The first kappa shape index (κ1) is 5.30. The predicted molar refractivity (Wildman–Crippen MR) is 27.1 cm³/mol. The maximum absolute atomic E-state index is 9.68. The van der Waals surface area contributed by atoms with Crippen molar-refractivity contribution in [3.05, 3.63) is 0 Å². The molecule has 0 aromatic carbocycles. The molecule has 0 bridgehead atoms. The van der Waals surface area contributed by atoms with E-state index in [1.54, 1.807) is 6.82 Å². The fourth-order valence-electron chi connectivity index (χ4n) is 0. The van der Waals surface area contributed by atoms with Gasteiger partial charge in [-0.1, -0.05) is 0 Å². The van der Waals surface area contributed by atoms with Crippen LogP contribution in [-0.2, 0) is 20.0 Å². The summed E-state index contributed by atoms with van der Waals surface area (Å²) >= 11 is 4.20. The van der Waals surface area contributed by atoms with Crippen LogP contribution < -0.4 is 0 Å². The van der Waals surface area contributed by atoms with Gasteiger partial charge in [-0.2, -0.15) is 0 Å². The molecular formula is CH3BOS2. The van der Waals surface area contributed by atoms with Crippen molar-refractivity contribution in [2.75, 3.05) is 0 Å². The van der Waals surface area contributed by atoms with Crippen LogP contribution in [0.3, 0.4) is 0 Å². The minimum atomic E-state index is -1.11. The van der Waals surface area contributed by atoms with Crippen molar-refractivity contribution in [1.29, 1.82) is 0 Å². The third kappa shape index (κ3) is 4.30. The summed E-state index contributed by atoms with van der Waals surface area (Å²) in [5.74, 6) is 0. The molecule has 0 aromatic rings. The molecule has 0 rings (SSSR count). The Labute approximate surface area is 37.8 Å². The third-order valence-electron chi connectivity index (χ3n) is 0.192. The Morgan fingerprint density at radius 3 is 2.20 bits per heavy atom. The molecule has 4 heteroatoms. The molecule has 28 valence electrons. The van der Waals surface area contributed by atoms with Crippen molar-refractivity contribution < 1.29 is 4.21 Å². The van der Waals surface area contributed by atoms with Gasteiger partial charge in [-0.3, -0.25) is 0 Å². The summed E-state index contributed by atoms with van der Waals surface area (Å²) < 4.78 is 9.68. The van der Waals surface area contributed by atoms with Crippen molar-refractivity contribution in [3.63, 3.8) is 0 Å². The van der Waals surface area contributed by atoms with E-state index in [1.807, 2.05) is 0 Å². The molecule has 0 amide bonds. The first-order chi connectivity index (χ1) is 2.27. The molecule has 0 saturated heterocycles. The van der Waals surface area contributed by atoms with Gasteiger partial charge in [0.2, 0.25) is 0 Å². The Hall–Kier alpha value is 0.305. The summed E-state index contributed by atoms with van der Waals surface area (Å²) in [6, 6.07) is 0. The monoisotopic (exact) mass is 106 g/mol. The van der Waals surface area contributed by atoms with E-state index in [4.69, 9.17) is 0 Å². The van der Waals surface area contributed by atoms with Crippen molar-refractivity contribution in [1.82, 2.24) is 0 Å². The van der Waals surface area contributed by atoms with E-state index in [0.717, 1.165) is 0 Å². The Kier molecular flexibility index (Phi) is 2.69. The van der Waals surface area contributed by atoms with E-state index in [0.29, 0.717) is 0 Å². The molecule has 0 radical (unpaired) electrons. The molecule has 0 saturated carbocycles. The number of hydrogen-bond acceptors (Lipinski definition) is 2. The van der Waals surface area contributed by atoms with E-state index >= 15 is 0 Å². The summed E-state index contributed by atoms with van der Waals surface area (Å²) in [7, 11) is -1.11. The molecule has 0 aromatic heterocycles. The van der Waals surface area contributed by atoms with Gasteiger partial charge in [-0.05, 0) is 0 Å². The van der Waals surface area contributed by atoms with Gasteiger partial charge in [0.25, 0.3) is 0 Å². The first-order valence-electron chi connectivity index (χ1n) is 1.15. The minimum absolute atomic E-state index is 1.11. The Balaban J connectivity index is 4.25. The standard InChI is InChI=1S/CH3BOS2/c1-2-5(3)4/h1H3. The normalized spacial score (nSPS) is 5.80. The molecule has 0 aliphatic heterocycles. The molecule has 0 N–H and O–H groups in total. The fraction of sp³-hybridized carbons (Fsp3) is 1.00. The van der Waals surface area contributed by atoms with E-state index in [2.05, 4.69) is 11.2 Å². The Morgan fingerprint density at radius 2 is 2.20 bits per heavy atom.